The van der Waals surface area contributed by atoms with Gasteiger partial charge in [0.05, 0.1) is 46.2 Å². The first-order valence-corrected chi connectivity index (χ1v) is 23.9. The number of rotatable bonds is 10. The number of hydrogen-bond acceptors (Lipinski definition) is 12. The van der Waals surface area contributed by atoms with Crippen molar-refractivity contribution in [2.75, 3.05) is 60.0 Å². The molecule has 0 radical (unpaired) electrons. The highest BCUT2D eigenvalue weighted by molar-refractivity contribution is 5.94. The Bertz CT molecular complexity index is 3750. The molecule has 0 fully saturated rings. The number of fused-ring (bicyclic) bond motifs is 6. The van der Waals surface area contributed by atoms with Gasteiger partial charge in [-0.2, -0.15) is 0 Å². The van der Waals surface area contributed by atoms with Crippen LogP contribution in [0.5, 0.6) is 11.5 Å². The van der Waals surface area contributed by atoms with Gasteiger partial charge in [-0.3, -0.25) is 15.3 Å². The Morgan fingerprint density at radius 2 is 1.26 bits per heavy atom. The van der Waals surface area contributed by atoms with Gasteiger partial charge in [0.15, 0.2) is 6.23 Å². The van der Waals surface area contributed by atoms with Gasteiger partial charge in [0.25, 0.3) is 0 Å². The number of aromatic nitrogens is 6. The lowest BCUT2D eigenvalue weighted by Gasteiger charge is -2.26. The van der Waals surface area contributed by atoms with E-state index in [1.807, 2.05) is 116 Å². The van der Waals surface area contributed by atoms with Crippen LogP contribution in [0.2, 0.25) is 0 Å². The molecule has 12 rings (SSSR count). The molecule has 4 aromatic heterocycles. The van der Waals surface area contributed by atoms with Crippen molar-refractivity contribution in [3.63, 3.8) is 0 Å². The van der Waals surface area contributed by atoms with E-state index >= 15 is 0 Å². The Labute approximate surface area is 418 Å². The topological polar surface area (TPSA) is 185 Å². The number of amides is 2. The lowest BCUT2D eigenvalue weighted by atomic mass is 10.0. The van der Waals surface area contributed by atoms with Crippen molar-refractivity contribution in [3.05, 3.63) is 157 Å². The average Bonchev–Trinajstić information content (AvgIpc) is 3.77. The van der Waals surface area contributed by atoms with E-state index in [4.69, 9.17) is 23.9 Å². The lowest BCUT2D eigenvalue weighted by Crippen LogP contribution is -2.45. The SMILES string of the molecule is COC(COC(=O)Nc1nc2ccc(-c3ccc4c(c3)CN(c3ccnc5ccccc35)CCO4)cc2[nH]1)N(C(=O)O)c1nc2ccc(-c3ccc4c(c3)CN(c3ccnc5ccccc35)CCO4)cc2n1C. The van der Waals surface area contributed by atoms with Gasteiger partial charge in [-0.15, -0.1) is 0 Å². The number of imidazole rings is 2. The maximum atomic E-state index is 13.3. The van der Waals surface area contributed by atoms with Crippen molar-refractivity contribution < 1.29 is 33.6 Å². The third-order valence-corrected chi connectivity index (χ3v) is 13.6. The van der Waals surface area contributed by atoms with Crippen LogP contribution in [-0.2, 0) is 29.6 Å². The van der Waals surface area contributed by atoms with Crippen molar-refractivity contribution in [2.45, 2.75) is 19.3 Å². The maximum Gasteiger partial charge on any atom is 0.416 e. The Hall–Kier alpha value is -9.22. The van der Waals surface area contributed by atoms with Crippen LogP contribution in [0, 0.1) is 0 Å². The highest BCUT2D eigenvalue weighted by Crippen LogP contribution is 2.37. The Morgan fingerprint density at radius 1 is 0.699 bits per heavy atom. The van der Waals surface area contributed by atoms with E-state index < -0.39 is 25.0 Å². The van der Waals surface area contributed by atoms with E-state index in [9.17, 15) is 14.7 Å². The number of carbonyl (C=O) groups is 2. The molecule has 3 N–H and O–H groups in total. The number of aryl methyl sites for hydroxylation is 1. The minimum atomic E-state index is -1.35. The fourth-order valence-corrected chi connectivity index (χ4v) is 9.96. The van der Waals surface area contributed by atoms with Gasteiger partial charge in [-0.1, -0.05) is 60.7 Å². The molecule has 2 amide bonds. The Kier molecular flexibility index (Phi) is 11.6. The highest BCUT2D eigenvalue weighted by atomic mass is 16.6. The van der Waals surface area contributed by atoms with Crippen LogP contribution in [0.15, 0.2) is 146 Å². The van der Waals surface area contributed by atoms with E-state index in [1.165, 1.54) is 7.11 Å². The number of pyridine rings is 2. The number of H-pyrrole nitrogens is 1. The first-order chi connectivity index (χ1) is 35.7. The predicted molar refractivity (Wildman–Crippen MR) is 281 cm³/mol. The Balaban J connectivity index is 0.725. The summed E-state index contributed by atoms with van der Waals surface area (Å²) in [4.78, 5) is 53.3. The summed E-state index contributed by atoms with van der Waals surface area (Å²) in [6.07, 6.45) is 0.237. The van der Waals surface area contributed by atoms with Crippen molar-refractivity contribution in [1.82, 2.24) is 29.5 Å². The van der Waals surface area contributed by atoms with Crippen LogP contribution >= 0.6 is 0 Å². The first kappa shape index (κ1) is 45.0. The molecule has 364 valence electrons. The number of anilines is 4. The molecule has 17 heteroatoms. The number of carboxylic acid groups (broad SMARTS) is 1. The number of para-hydroxylation sites is 2. The van der Waals surface area contributed by atoms with Gasteiger partial charge in [0.2, 0.25) is 11.9 Å². The summed E-state index contributed by atoms with van der Waals surface area (Å²) in [5, 5.41) is 15.4. The number of benzene rings is 6. The maximum absolute atomic E-state index is 13.3. The van der Waals surface area contributed by atoms with E-state index in [1.54, 1.807) is 11.6 Å². The third-order valence-electron chi connectivity index (χ3n) is 13.6. The first-order valence-electron chi connectivity index (χ1n) is 23.9. The predicted octanol–water partition coefficient (Wildman–Crippen LogP) is 10.4. The van der Waals surface area contributed by atoms with Crippen molar-refractivity contribution in [1.29, 1.82) is 0 Å². The molecule has 6 heterocycles. The molecule has 1 atom stereocenters. The number of nitrogens with one attached hydrogen (secondary N) is 2. The molecule has 10 aromatic rings. The summed E-state index contributed by atoms with van der Waals surface area (Å²) in [5.41, 5.74) is 12.6. The van der Waals surface area contributed by atoms with Crippen LogP contribution in [0.25, 0.3) is 66.1 Å². The number of nitrogens with zero attached hydrogens (tertiary/aromatic N) is 8. The third kappa shape index (κ3) is 8.65. The molecule has 17 nitrogen and oxygen atoms in total. The van der Waals surface area contributed by atoms with Gasteiger partial charge in [-0.25, -0.2) is 24.5 Å². The molecule has 1 unspecified atom stereocenters. The van der Waals surface area contributed by atoms with Crippen molar-refractivity contribution >= 4 is 79.3 Å². The molecule has 73 heavy (non-hydrogen) atoms. The van der Waals surface area contributed by atoms with Gasteiger partial charge < -0.3 is 43.4 Å². The lowest BCUT2D eigenvalue weighted by molar-refractivity contribution is 0.0365. The van der Waals surface area contributed by atoms with E-state index in [-0.39, 0.29) is 11.9 Å². The monoisotopic (exact) mass is 972 g/mol. The number of ether oxygens (including phenoxy) is 4. The molecular weight excluding hydrogens is 925 g/mol. The minimum absolute atomic E-state index is 0.0841. The molecule has 0 spiro atoms. The quantitative estimate of drug-likeness (QED) is 0.110. The van der Waals surface area contributed by atoms with Gasteiger partial charge >= 0.3 is 12.2 Å². The zero-order valence-electron chi connectivity index (χ0n) is 39.9. The number of methoxy groups -OCH3 is 1. The molecule has 2 aliphatic rings. The second-order valence-electron chi connectivity index (χ2n) is 17.9. The zero-order chi connectivity index (χ0) is 49.6. The second kappa shape index (κ2) is 18.8. The number of carbonyl (C=O) groups excluding carboxylic acids is 1. The fourth-order valence-electron chi connectivity index (χ4n) is 9.96. The normalized spacial score (nSPS) is 13.9. The number of hydrogen-bond donors (Lipinski definition) is 3. The van der Waals surface area contributed by atoms with E-state index in [0.29, 0.717) is 54.9 Å². The molecule has 0 saturated heterocycles. The molecule has 0 aliphatic carbocycles. The van der Waals surface area contributed by atoms with Crippen LogP contribution in [0.1, 0.15) is 11.1 Å². The van der Waals surface area contributed by atoms with Crippen LogP contribution in [0.4, 0.5) is 32.9 Å². The highest BCUT2D eigenvalue weighted by Gasteiger charge is 2.31. The minimum Gasteiger partial charge on any atom is -0.491 e. The van der Waals surface area contributed by atoms with Crippen molar-refractivity contribution in [3.8, 4) is 33.8 Å². The second-order valence-corrected chi connectivity index (χ2v) is 17.9. The smallest absolute Gasteiger partial charge is 0.416 e. The van der Waals surface area contributed by atoms with E-state index in [2.05, 4.69) is 65.4 Å². The summed E-state index contributed by atoms with van der Waals surface area (Å²) >= 11 is 0. The van der Waals surface area contributed by atoms with E-state index in [0.717, 1.165) is 89.5 Å². The summed E-state index contributed by atoms with van der Waals surface area (Å²) in [5.74, 6) is 1.92. The standard InChI is InChI=1S/C56H48N10O7/c1-63-49-30-37(35-14-18-51-39(28-35)32-65(24-26-72-51)48-20-22-58-43-10-6-4-8-41(43)48)12-16-45(49)61-54(63)66(56(68)69)52(70-2)33-73-55(67)62-53-59-44-15-11-36(29-46(44)60-53)34-13-17-50-38(27-34)31-64(23-25-71-50)47-19-21-57-42-9-5-3-7-40(42)47/h3-22,27-30,52H,23-26,31-33H2,1-2H3,(H,68,69)(H2,59,60,62,67). The molecule has 6 aromatic carbocycles. The van der Waals surface area contributed by atoms with Crippen LogP contribution in [-0.4, -0.2) is 93.0 Å². The molecular formula is C56H48N10O7. The number of aromatic amines is 1. The van der Waals surface area contributed by atoms with Crippen LogP contribution in [0.3, 0.4) is 0 Å². The molecule has 2 aliphatic heterocycles. The summed E-state index contributed by atoms with van der Waals surface area (Å²) in [7, 11) is 3.08. The Morgan fingerprint density at radius 3 is 1.86 bits per heavy atom. The van der Waals surface area contributed by atoms with Crippen molar-refractivity contribution in [2.24, 2.45) is 7.05 Å². The summed E-state index contributed by atoms with van der Waals surface area (Å²) < 4.78 is 25.3. The zero-order valence-corrected chi connectivity index (χ0v) is 39.9. The van der Waals surface area contributed by atoms with Gasteiger partial charge in [-0.05, 0) is 95.1 Å². The fraction of sp³-hybridized carbons (Fsp3) is 0.179. The average molecular weight is 973 g/mol. The molecule has 0 bridgehead atoms. The largest absolute Gasteiger partial charge is 0.491 e. The molecule has 0 saturated carbocycles. The van der Waals surface area contributed by atoms with Crippen LogP contribution < -0.4 is 29.5 Å². The van der Waals surface area contributed by atoms with Gasteiger partial charge in [0, 0.05) is 72.9 Å². The summed E-state index contributed by atoms with van der Waals surface area (Å²) in [6.45, 7) is 3.37. The summed E-state index contributed by atoms with van der Waals surface area (Å²) in [6, 6.07) is 44.4. The van der Waals surface area contributed by atoms with Gasteiger partial charge in [0.1, 0.15) is 31.3 Å².